The molecule has 0 unspecified atom stereocenters. The van der Waals surface area contributed by atoms with E-state index in [1.54, 1.807) is 0 Å². The average Bonchev–Trinajstić information content (AvgIpc) is 2.44. The molecule has 1 amide bonds. The van der Waals surface area contributed by atoms with Crippen molar-refractivity contribution < 1.29 is 4.79 Å². The van der Waals surface area contributed by atoms with Gasteiger partial charge in [0.1, 0.15) is 0 Å². The van der Waals surface area contributed by atoms with Gasteiger partial charge in [-0.3, -0.25) is 4.79 Å². The molecule has 0 aliphatic rings. The van der Waals surface area contributed by atoms with Gasteiger partial charge in [-0.25, -0.2) is 0 Å². The minimum absolute atomic E-state index is 0.0493. The number of hydrogen-bond acceptors (Lipinski definition) is 2. The van der Waals surface area contributed by atoms with Crippen LogP contribution in [0.3, 0.4) is 0 Å². The highest BCUT2D eigenvalue weighted by Gasteiger charge is 2.11. The number of amides is 1. The van der Waals surface area contributed by atoms with Crippen molar-refractivity contribution in [3.8, 4) is 0 Å². The Labute approximate surface area is 126 Å². The van der Waals surface area contributed by atoms with Crippen molar-refractivity contribution in [3.05, 3.63) is 64.7 Å². The third kappa shape index (κ3) is 4.17. The topological polar surface area (TPSA) is 41.1 Å². The van der Waals surface area contributed by atoms with Crippen molar-refractivity contribution in [2.24, 2.45) is 0 Å². The quantitative estimate of drug-likeness (QED) is 0.883. The molecule has 0 fully saturated rings. The summed E-state index contributed by atoms with van der Waals surface area (Å²) >= 11 is 0. The lowest BCUT2D eigenvalue weighted by Gasteiger charge is -2.11. The standard InChI is InChI=1S/C18H22N2O/c1-13-10-14(2)12-16(11-13)20-18(21)17-7-5-4-6-15(17)8-9-19-3/h4-7,10-12,19H,8-9H2,1-3H3,(H,20,21). The van der Waals surface area contributed by atoms with Crippen LogP contribution in [0.25, 0.3) is 0 Å². The van der Waals surface area contributed by atoms with E-state index in [9.17, 15) is 4.79 Å². The largest absolute Gasteiger partial charge is 0.322 e. The summed E-state index contributed by atoms with van der Waals surface area (Å²) in [5, 5.41) is 6.11. The summed E-state index contributed by atoms with van der Waals surface area (Å²) < 4.78 is 0. The highest BCUT2D eigenvalue weighted by Crippen LogP contribution is 2.16. The Morgan fingerprint density at radius 1 is 1.05 bits per heavy atom. The first-order valence-electron chi connectivity index (χ1n) is 7.22. The number of hydrogen-bond donors (Lipinski definition) is 2. The van der Waals surface area contributed by atoms with Gasteiger partial charge in [0.05, 0.1) is 0 Å². The van der Waals surface area contributed by atoms with Crippen molar-refractivity contribution in [1.82, 2.24) is 5.32 Å². The zero-order valence-electron chi connectivity index (χ0n) is 12.9. The van der Waals surface area contributed by atoms with E-state index in [1.807, 2.05) is 57.3 Å². The predicted octanol–water partition coefficient (Wildman–Crippen LogP) is 3.32. The maximum Gasteiger partial charge on any atom is 0.255 e. The summed E-state index contributed by atoms with van der Waals surface area (Å²) in [6.45, 7) is 4.92. The molecule has 110 valence electrons. The van der Waals surface area contributed by atoms with Gasteiger partial charge in [0.2, 0.25) is 0 Å². The molecule has 0 bridgehead atoms. The summed E-state index contributed by atoms with van der Waals surface area (Å²) in [7, 11) is 1.91. The summed E-state index contributed by atoms with van der Waals surface area (Å²) in [5.41, 5.74) is 4.95. The van der Waals surface area contributed by atoms with E-state index in [1.165, 1.54) is 0 Å². The second-order valence-electron chi connectivity index (χ2n) is 5.34. The van der Waals surface area contributed by atoms with Gasteiger partial charge in [-0.1, -0.05) is 24.3 Å². The molecule has 3 nitrogen and oxygen atoms in total. The fourth-order valence-electron chi connectivity index (χ4n) is 2.46. The minimum atomic E-state index is -0.0493. The van der Waals surface area contributed by atoms with Gasteiger partial charge in [0.15, 0.2) is 0 Å². The first-order valence-corrected chi connectivity index (χ1v) is 7.22. The summed E-state index contributed by atoms with van der Waals surface area (Å²) in [4.78, 5) is 12.5. The molecule has 0 saturated carbocycles. The smallest absolute Gasteiger partial charge is 0.255 e. The van der Waals surface area contributed by atoms with E-state index >= 15 is 0 Å². The maximum absolute atomic E-state index is 12.5. The lowest BCUT2D eigenvalue weighted by Crippen LogP contribution is -2.17. The third-order valence-electron chi connectivity index (χ3n) is 3.39. The van der Waals surface area contributed by atoms with Crippen LogP contribution in [0, 0.1) is 13.8 Å². The lowest BCUT2D eigenvalue weighted by atomic mass is 10.0. The molecule has 0 radical (unpaired) electrons. The van der Waals surface area contributed by atoms with Crippen LogP contribution in [0.5, 0.6) is 0 Å². The second kappa shape index (κ2) is 7.04. The van der Waals surface area contributed by atoms with Gasteiger partial charge in [-0.15, -0.1) is 0 Å². The molecular formula is C18H22N2O. The van der Waals surface area contributed by atoms with Gasteiger partial charge in [-0.05, 0) is 68.8 Å². The molecule has 0 heterocycles. The van der Waals surface area contributed by atoms with Crippen LogP contribution in [-0.2, 0) is 6.42 Å². The monoisotopic (exact) mass is 282 g/mol. The van der Waals surface area contributed by atoms with E-state index in [0.717, 1.165) is 40.9 Å². The number of rotatable bonds is 5. The highest BCUT2D eigenvalue weighted by molar-refractivity contribution is 6.05. The molecule has 0 aliphatic carbocycles. The SMILES string of the molecule is CNCCc1ccccc1C(=O)Nc1cc(C)cc(C)c1. The molecule has 0 saturated heterocycles. The number of likely N-dealkylation sites (N-methyl/N-ethyl adjacent to an activating group) is 1. The molecule has 0 atom stereocenters. The van der Waals surface area contributed by atoms with Gasteiger partial charge in [-0.2, -0.15) is 0 Å². The average molecular weight is 282 g/mol. The summed E-state index contributed by atoms with van der Waals surface area (Å²) in [6, 6.07) is 13.8. The first kappa shape index (κ1) is 15.3. The molecule has 0 aromatic heterocycles. The Kier molecular flexibility index (Phi) is 5.12. The molecule has 3 heteroatoms. The van der Waals surface area contributed by atoms with Crippen molar-refractivity contribution in [2.75, 3.05) is 18.9 Å². The zero-order valence-corrected chi connectivity index (χ0v) is 12.9. The number of aryl methyl sites for hydroxylation is 2. The summed E-state index contributed by atoms with van der Waals surface area (Å²) in [6.07, 6.45) is 0.840. The van der Waals surface area contributed by atoms with Gasteiger partial charge >= 0.3 is 0 Å². The zero-order chi connectivity index (χ0) is 15.2. The number of carbonyl (C=O) groups excluding carboxylic acids is 1. The van der Waals surface area contributed by atoms with Crippen molar-refractivity contribution in [1.29, 1.82) is 0 Å². The Bertz CT molecular complexity index is 615. The Hall–Kier alpha value is -2.13. The van der Waals surface area contributed by atoms with Crippen LogP contribution in [0.1, 0.15) is 27.0 Å². The molecule has 2 N–H and O–H groups in total. The van der Waals surface area contributed by atoms with E-state index < -0.39 is 0 Å². The second-order valence-corrected chi connectivity index (χ2v) is 5.34. The number of carbonyl (C=O) groups is 1. The molecule has 2 aromatic rings. The van der Waals surface area contributed by atoms with Crippen molar-refractivity contribution >= 4 is 11.6 Å². The fourth-order valence-corrected chi connectivity index (χ4v) is 2.46. The van der Waals surface area contributed by atoms with Crippen LogP contribution in [-0.4, -0.2) is 19.5 Å². The number of benzene rings is 2. The third-order valence-corrected chi connectivity index (χ3v) is 3.39. The van der Waals surface area contributed by atoms with Crippen LogP contribution < -0.4 is 10.6 Å². The van der Waals surface area contributed by atoms with E-state index in [4.69, 9.17) is 0 Å². The van der Waals surface area contributed by atoms with Gasteiger partial charge in [0, 0.05) is 11.3 Å². The highest BCUT2D eigenvalue weighted by atomic mass is 16.1. The van der Waals surface area contributed by atoms with Crippen LogP contribution in [0.15, 0.2) is 42.5 Å². The molecule has 0 spiro atoms. The van der Waals surface area contributed by atoms with Gasteiger partial charge < -0.3 is 10.6 Å². The molecule has 0 aliphatic heterocycles. The number of anilines is 1. The van der Waals surface area contributed by atoms with Crippen molar-refractivity contribution in [3.63, 3.8) is 0 Å². The van der Waals surface area contributed by atoms with E-state index in [0.29, 0.717) is 0 Å². The normalized spacial score (nSPS) is 10.4. The predicted molar refractivity (Wildman–Crippen MR) is 87.9 cm³/mol. The van der Waals surface area contributed by atoms with Crippen molar-refractivity contribution in [2.45, 2.75) is 20.3 Å². The fraction of sp³-hybridized carbons (Fsp3) is 0.278. The van der Waals surface area contributed by atoms with Gasteiger partial charge in [0.25, 0.3) is 5.91 Å². The van der Waals surface area contributed by atoms with E-state index in [2.05, 4.69) is 16.7 Å². The van der Waals surface area contributed by atoms with Crippen LogP contribution in [0.4, 0.5) is 5.69 Å². The summed E-state index contributed by atoms with van der Waals surface area (Å²) in [5.74, 6) is -0.0493. The Morgan fingerprint density at radius 3 is 2.38 bits per heavy atom. The van der Waals surface area contributed by atoms with Crippen LogP contribution in [0.2, 0.25) is 0 Å². The maximum atomic E-state index is 12.5. The molecule has 21 heavy (non-hydrogen) atoms. The lowest BCUT2D eigenvalue weighted by molar-refractivity contribution is 0.102. The minimum Gasteiger partial charge on any atom is -0.322 e. The first-order chi connectivity index (χ1) is 10.1. The number of nitrogens with one attached hydrogen (secondary N) is 2. The Balaban J connectivity index is 2.20. The molecular weight excluding hydrogens is 260 g/mol. The molecule has 2 rings (SSSR count). The van der Waals surface area contributed by atoms with E-state index in [-0.39, 0.29) is 5.91 Å². The molecule has 2 aromatic carbocycles. The Morgan fingerprint density at radius 2 is 1.71 bits per heavy atom. The van der Waals surface area contributed by atoms with Crippen LogP contribution >= 0.6 is 0 Å².